The molecule has 0 unspecified atom stereocenters. The van der Waals surface area contributed by atoms with Crippen LogP contribution in [0.2, 0.25) is 0 Å². The van der Waals surface area contributed by atoms with Crippen molar-refractivity contribution in [1.82, 2.24) is 10.1 Å². The number of hydrogen-bond donors (Lipinski definition) is 2. The smallest absolute Gasteiger partial charge is 0.264 e. The summed E-state index contributed by atoms with van der Waals surface area (Å²) in [4.78, 5) is 16.8. The van der Waals surface area contributed by atoms with Gasteiger partial charge in [0, 0.05) is 29.1 Å². The minimum atomic E-state index is -3.87. The van der Waals surface area contributed by atoms with Crippen LogP contribution in [-0.4, -0.2) is 24.5 Å². The maximum atomic E-state index is 12.6. The average molecular weight is 465 g/mol. The molecule has 9 nitrogen and oxygen atoms in total. The second-order valence-electron chi connectivity index (χ2n) is 7.10. The Kier molecular flexibility index (Phi) is 6.09. The topological polar surface area (TPSA) is 123 Å². The fraction of sp³-hybridized carbons (Fsp3) is 0.0870. The number of hydrogen-bond acceptors (Lipinski definition) is 7. The molecule has 0 radical (unpaired) electrons. The van der Waals surface area contributed by atoms with Crippen LogP contribution in [0.1, 0.15) is 21.6 Å². The Bertz CT molecular complexity index is 1380. The molecule has 0 bridgehead atoms. The zero-order valence-corrected chi connectivity index (χ0v) is 18.6. The summed E-state index contributed by atoms with van der Waals surface area (Å²) in [5.74, 6) is 0.573. The molecular weight excluding hydrogens is 444 g/mol. The summed E-state index contributed by atoms with van der Waals surface area (Å²) in [7, 11) is -3.87. The van der Waals surface area contributed by atoms with Gasteiger partial charge in [0.05, 0.1) is 10.6 Å². The van der Waals surface area contributed by atoms with Gasteiger partial charge in [0.25, 0.3) is 15.9 Å². The molecule has 0 aliphatic rings. The molecule has 0 saturated heterocycles. The Morgan fingerprint density at radius 3 is 2.45 bits per heavy atom. The molecule has 33 heavy (non-hydrogen) atoms. The molecule has 10 heteroatoms. The highest BCUT2D eigenvalue weighted by atomic mass is 32.2. The highest BCUT2D eigenvalue weighted by Crippen LogP contribution is 2.24. The number of carbonyl (C=O) groups is 1. The van der Waals surface area contributed by atoms with Crippen LogP contribution < -0.4 is 14.8 Å². The monoisotopic (exact) mass is 464 g/mol. The van der Waals surface area contributed by atoms with Crippen LogP contribution in [0.4, 0.5) is 11.6 Å². The van der Waals surface area contributed by atoms with Gasteiger partial charge < -0.3 is 14.6 Å². The average Bonchev–Trinajstić information content (AvgIpc) is 3.12. The molecular formula is C23H20N4O5S. The minimum absolute atomic E-state index is 0.0136. The van der Waals surface area contributed by atoms with E-state index in [4.69, 9.17) is 9.26 Å². The van der Waals surface area contributed by atoms with Crippen LogP contribution >= 0.6 is 0 Å². The maximum Gasteiger partial charge on any atom is 0.264 e. The minimum Gasteiger partial charge on any atom is -0.439 e. The molecule has 0 fully saturated rings. The highest BCUT2D eigenvalue weighted by Gasteiger charge is 2.19. The number of nitrogens with zero attached hydrogens (tertiary/aromatic N) is 2. The second-order valence-corrected chi connectivity index (χ2v) is 8.79. The Balaban J connectivity index is 1.44. The van der Waals surface area contributed by atoms with Crippen molar-refractivity contribution in [3.8, 4) is 11.6 Å². The van der Waals surface area contributed by atoms with Crippen molar-refractivity contribution in [3.63, 3.8) is 0 Å². The van der Waals surface area contributed by atoms with Crippen molar-refractivity contribution >= 4 is 27.5 Å². The third kappa shape index (κ3) is 5.18. The zero-order valence-electron chi connectivity index (χ0n) is 17.8. The molecule has 1 amide bonds. The predicted molar refractivity (Wildman–Crippen MR) is 122 cm³/mol. The first-order valence-electron chi connectivity index (χ1n) is 9.88. The van der Waals surface area contributed by atoms with Gasteiger partial charge in [0.15, 0.2) is 0 Å². The van der Waals surface area contributed by atoms with Crippen molar-refractivity contribution in [3.05, 3.63) is 89.7 Å². The van der Waals surface area contributed by atoms with Gasteiger partial charge in [-0.2, -0.15) is 0 Å². The van der Waals surface area contributed by atoms with Crippen LogP contribution in [0.25, 0.3) is 0 Å². The summed E-state index contributed by atoms with van der Waals surface area (Å²) in [5, 5.41) is 6.47. The van der Waals surface area contributed by atoms with Crippen molar-refractivity contribution < 1.29 is 22.5 Å². The fourth-order valence-electron chi connectivity index (χ4n) is 2.84. The first-order valence-corrected chi connectivity index (χ1v) is 11.4. The van der Waals surface area contributed by atoms with E-state index in [2.05, 4.69) is 20.2 Å². The van der Waals surface area contributed by atoms with Crippen molar-refractivity contribution in [2.75, 3.05) is 10.0 Å². The number of benzene rings is 2. The molecule has 0 aliphatic heterocycles. The molecule has 2 aromatic carbocycles. The third-order valence-corrected chi connectivity index (χ3v) is 6.11. The van der Waals surface area contributed by atoms with E-state index in [1.165, 1.54) is 24.3 Å². The molecule has 4 rings (SSSR count). The van der Waals surface area contributed by atoms with E-state index >= 15 is 0 Å². The van der Waals surface area contributed by atoms with Gasteiger partial charge >= 0.3 is 0 Å². The van der Waals surface area contributed by atoms with E-state index in [0.29, 0.717) is 34.1 Å². The standard InChI is InChI=1S/C23H20N4O5S/c1-15-16(2)26-32-23(15)27-33(29,30)20-11-9-18(10-12-20)25-22(28)17-6-5-7-19(14-17)31-21-8-3-4-13-24-21/h3-14,27H,1-2H3,(H,25,28). The lowest BCUT2D eigenvalue weighted by atomic mass is 10.2. The summed E-state index contributed by atoms with van der Waals surface area (Å²) in [6.45, 7) is 3.42. The fourth-order valence-corrected chi connectivity index (χ4v) is 3.89. The zero-order chi connectivity index (χ0) is 23.4. The molecule has 4 aromatic rings. The van der Waals surface area contributed by atoms with Gasteiger partial charge in [0.2, 0.25) is 11.8 Å². The van der Waals surface area contributed by atoms with E-state index in [9.17, 15) is 13.2 Å². The number of pyridine rings is 1. The summed E-state index contributed by atoms with van der Waals surface area (Å²) in [6, 6.07) is 17.7. The van der Waals surface area contributed by atoms with Crippen LogP contribution in [0, 0.1) is 13.8 Å². The predicted octanol–water partition coefficient (Wildman–Crippen LogP) is 4.53. The van der Waals surface area contributed by atoms with Gasteiger partial charge in [-0.3, -0.25) is 4.79 Å². The summed E-state index contributed by atoms with van der Waals surface area (Å²) >= 11 is 0. The van der Waals surface area contributed by atoms with Gasteiger partial charge in [-0.15, -0.1) is 0 Å². The molecule has 0 saturated carbocycles. The first kappa shape index (κ1) is 22.0. The molecule has 168 valence electrons. The highest BCUT2D eigenvalue weighted by molar-refractivity contribution is 7.92. The van der Waals surface area contributed by atoms with E-state index in [0.717, 1.165) is 0 Å². The summed E-state index contributed by atoms with van der Waals surface area (Å²) < 4.78 is 38.2. The molecule has 0 atom stereocenters. The lowest BCUT2D eigenvalue weighted by Crippen LogP contribution is -2.14. The van der Waals surface area contributed by atoms with Gasteiger partial charge in [-0.1, -0.05) is 17.3 Å². The van der Waals surface area contributed by atoms with Crippen LogP contribution in [0.15, 0.2) is 82.3 Å². The Morgan fingerprint density at radius 1 is 1.00 bits per heavy atom. The number of carbonyl (C=O) groups excluding carboxylic acids is 1. The van der Waals surface area contributed by atoms with Crippen molar-refractivity contribution in [2.24, 2.45) is 0 Å². The van der Waals surface area contributed by atoms with Crippen molar-refractivity contribution in [1.29, 1.82) is 0 Å². The lowest BCUT2D eigenvalue weighted by Gasteiger charge is -2.09. The summed E-state index contributed by atoms with van der Waals surface area (Å²) in [5.41, 5.74) is 2.01. The van der Waals surface area contributed by atoms with Gasteiger partial charge in [0.1, 0.15) is 5.75 Å². The largest absolute Gasteiger partial charge is 0.439 e. The SMILES string of the molecule is Cc1noc(NS(=O)(=O)c2ccc(NC(=O)c3cccc(Oc4ccccn4)c3)cc2)c1C. The number of aromatic nitrogens is 2. The van der Waals surface area contributed by atoms with Crippen LogP contribution in [0.3, 0.4) is 0 Å². The van der Waals surface area contributed by atoms with E-state index < -0.39 is 10.0 Å². The summed E-state index contributed by atoms with van der Waals surface area (Å²) in [6.07, 6.45) is 1.61. The molecule has 2 heterocycles. The molecule has 2 aromatic heterocycles. The number of nitrogens with one attached hydrogen (secondary N) is 2. The number of anilines is 2. The third-order valence-electron chi connectivity index (χ3n) is 4.76. The van der Waals surface area contributed by atoms with E-state index in [1.807, 2.05) is 0 Å². The van der Waals surface area contributed by atoms with E-state index in [-0.39, 0.29) is 16.7 Å². The van der Waals surface area contributed by atoms with Gasteiger partial charge in [-0.25, -0.2) is 18.1 Å². The Labute approximate surface area is 190 Å². The Hall–Kier alpha value is -4.18. The first-order chi connectivity index (χ1) is 15.8. The number of rotatable bonds is 7. The number of sulfonamides is 1. The normalized spacial score (nSPS) is 11.1. The molecule has 2 N–H and O–H groups in total. The van der Waals surface area contributed by atoms with Crippen LogP contribution in [0.5, 0.6) is 11.6 Å². The Morgan fingerprint density at radius 2 is 1.79 bits per heavy atom. The lowest BCUT2D eigenvalue weighted by molar-refractivity contribution is 0.102. The molecule has 0 spiro atoms. The quantitative estimate of drug-likeness (QED) is 0.412. The van der Waals surface area contributed by atoms with Gasteiger partial charge in [-0.05, 0) is 62.4 Å². The number of amides is 1. The van der Waals surface area contributed by atoms with Crippen LogP contribution in [-0.2, 0) is 10.0 Å². The molecule has 0 aliphatic carbocycles. The maximum absolute atomic E-state index is 12.6. The second kappa shape index (κ2) is 9.13. The number of ether oxygens (including phenoxy) is 1. The van der Waals surface area contributed by atoms with Crippen molar-refractivity contribution in [2.45, 2.75) is 18.7 Å². The van der Waals surface area contributed by atoms with E-state index in [1.54, 1.807) is 62.5 Å². The number of aryl methyl sites for hydroxylation is 1.